The molecular formula is C17H33N3. The second-order valence-corrected chi connectivity index (χ2v) is 7.09. The molecule has 0 spiro atoms. The van der Waals surface area contributed by atoms with Gasteiger partial charge in [0.05, 0.1) is 5.69 Å². The lowest BCUT2D eigenvalue weighted by atomic mass is 9.87. The highest BCUT2D eigenvalue weighted by atomic mass is 15.3. The molecule has 1 rings (SSSR count). The van der Waals surface area contributed by atoms with E-state index in [1.54, 1.807) is 0 Å². The minimum absolute atomic E-state index is 0.384. The zero-order valence-electron chi connectivity index (χ0n) is 14.3. The van der Waals surface area contributed by atoms with E-state index < -0.39 is 0 Å². The SMILES string of the molecule is CCCCCC(C)(C)CNCc1cn(C)nc1C(C)C. The van der Waals surface area contributed by atoms with Gasteiger partial charge in [-0.1, -0.05) is 53.9 Å². The van der Waals surface area contributed by atoms with E-state index >= 15 is 0 Å². The van der Waals surface area contributed by atoms with Crippen molar-refractivity contribution in [3.05, 3.63) is 17.5 Å². The Balaban J connectivity index is 2.43. The summed E-state index contributed by atoms with van der Waals surface area (Å²) in [5, 5.41) is 8.19. The fraction of sp³-hybridized carbons (Fsp3) is 0.824. The van der Waals surface area contributed by atoms with Crippen molar-refractivity contribution in [2.75, 3.05) is 6.54 Å². The van der Waals surface area contributed by atoms with Crippen LogP contribution in [0.1, 0.15) is 77.5 Å². The predicted molar refractivity (Wildman–Crippen MR) is 86.9 cm³/mol. The monoisotopic (exact) mass is 279 g/mol. The van der Waals surface area contributed by atoms with Gasteiger partial charge >= 0.3 is 0 Å². The maximum Gasteiger partial charge on any atom is 0.0694 e. The van der Waals surface area contributed by atoms with E-state index in [4.69, 9.17) is 0 Å². The highest BCUT2D eigenvalue weighted by Gasteiger charge is 2.17. The molecule has 3 nitrogen and oxygen atoms in total. The molecule has 1 aromatic rings. The molecule has 1 N–H and O–H groups in total. The van der Waals surface area contributed by atoms with Crippen molar-refractivity contribution >= 4 is 0 Å². The topological polar surface area (TPSA) is 29.9 Å². The van der Waals surface area contributed by atoms with Gasteiger partial charge in [-0.2, -0.15) is 5.10 Å². The summed E-state index contributed by atoms with van der Waals surface area (Å²) < 4.78 is 1.93. The predicted octanol–water partition coefficient (Wildman–Crippen LogP) is 4.24. The average Bonchev–Trinajstić information content (AvgIpc) is 2.70. The van der Waals surface area contributed by atoms with Crippen LogP contribution in [0.4, 0.5) is 0 Å². The van der Waals surface area contributed by atoms with E-state index in [2.05, 4.69) is 51.2 Å². The Bertz CT molecular complexity index is 391. The summed E-state index contributed by atoms with van der Waals surface area (Å²) >= 11 is 0. The van der Waals surface area contributed by atoms with E-state index in [1.165, 1.54) is 36.9 Å². The van der Waals surface area contributed by atoms with Crippen LogP contribution in [0.15, 0.2) is 6.20 Å². The van der Waals surface area contributed by atoms with E-state index in [1.807, 2.05) is 11.7 Å². The van der Waals surface area contributed by atoms with Gasteiger partial charge in [0.1, 0.15) is 0 Å². The summed E-state index contributed by atoms with van der Waals surface area (Å²) in [6.45, 7) is 13.4. The Kier molecular flexibility index (Phi) is 6.74. The number of nitrogens with one attached hydrogen (secondary N) is 1. The molecule has 0 radical (unpaired) electrons. The van der Waals surface area contributed by atoms with Gasteiger partial charge in [-0.3, -0.25) is 4.68 Å². The molecule has 1 aromatic heterocycles. The van der Waals surface area contributed by atoms with Gasteiger partial charge in [0.25, 0.3) is 0 Å². The zero-order valence-corrected chi connectivity index (χ0v) is 14.3. The first-order chi connectivity index (χ1) is 9.35. The van der Waals surface area contributed by atoms with Crippen LogP contribution in [0, 0.1) is 5.41 Å². The highest BCUT2D eigenvalue weighted by Crippen LogP contribution is 2.23. The third-order valence-corrected chi connectivity index (χ3v) is 3.86. The lowest BCUT2D eigenvalue weighted by Gasteiger charge is -2.25. The smallest absolute Gasteiger partial charge is 0.0694 e. The van der Waals surface area contributed by atoms with Crippen molar-refractivity contribution in [1.82, 2.24) is 15.1 Å². The van der Waals surface area contributed by atoms with Crippen molar-refractivity contribution in [2.45, 2.75) is 72.8 Å². The van der Waals surface area contributed by atoms with Crippen molar-refractivity contribution in [1.29, 1.82) is 0 Å². The summed E-state index contributed by atoms with van der Waals surface area (Å²) in [5.74, 6) is 0.491. The molecule has 0 aliphatic heterocycles. The maximum atomic E-state index is 4.56. The van der Waals surface area contributed by atoms with Gasteiger partial charge in [0, 0.05) is 31.9 Å². The molecule has 0 atom stereocenters. The Morgan fingerprint density at radius 3 is 2.60 bits per heavy atom. The van der Waals surface area contributed by atoms with Crippen molar-refractivity contribution in [3.63, 3.8) is 0 Å². The number of rotatable bonds is 9. The van der Waals surface area contributed by atoms with Crippen LogP contribution in [-0.2, 0) is 13.6 Å². The van der Waals surface area contributed by atoms with Crippen LogP contribution in [0.2, 0.25) is 0 Å². The number of hydrogen-bond donors (Lipinski definition) is 1. The Morgan fingerprint density at radius 2 is 2.00 bits per heavy atom. The van der Waals surface area contributed by atoms with Crippen LogP contribution in [0.5, 0.6) is 0 Å². The summed E-state index contributed by atoms with van der Waals surface area (Å²) in [4.78, 5) is 0. The van der Waals surface area contributed by atoms with Crippen LogP contribution >= 0.6 is 0 Å². The summed E-state index contributed by atoms with van der Waals surface area (Å²) in [6.07, 6.45) is 7.44. The van der Waals surface area contributed by atoms with E-state index in [0.29, 0.717) is 11.3 Å². The Hall–Kier alpha value is -0.830. The number of hydrogen-bond acceptors (Lipinski definition) is 2. The molecule has 0 fully saturated rings. The molecule has 3 heteroatoms. The highest BCUT2D eigenvalue weighted by molar-refractivity contribution is 5.19. The maximum absolute atomic E-state index is 4.56. The second-order valence-electron chi connectivity index (χ2n) is 7.09. The van der Waals surface area contributed by atoms with Crippen LogP contribution in [0.3, 0.4) is 0 Å². The minimum Gasteiger partial charge on any atom is -0.312 e. The summed E-state index contributed by atoms with van der Waals surface area (Å²) in [6, 6.07) is 0. The van der Waals surface area contributed by atoms with Gasteiger partial charge in [-0.05, 0) is 17.8 Å². The Labute approximate surface area is 125 Å². The van der Waals surface area contributed by atoms with Gasteiger partial charge < -0.3 is 5.32 Å². The second kappa shape index (κ2) is 7.82. The first-order valence-corrected chi connectivity index (χ1v) is 8.09. The zero-order chi connectivity index (χ0) is 15.2. The van der Waals surface area contributed by atoms with Crippen molar-refractivity contribution in [3.8, 4) is 0 Å². The molecule has 20 heavy (non-hydrogen) atoms. The van der Waals surface area contributed by atoms with Gasteiger partial charge in [-0.15, -0.1) is 0 Å². The Morgan fingerprint density at radius 1 is 1.30 bits per heavy atom. The fourth-order valence-corrected chi connectivity index (χ4v) is 2.65. The molecule has 0 aliphatic rings. The fourth-order valence-electron chi connectivity index (χ4n) is 2.65. The van der Waals surface area contributed by atoms with Gasteiger partial charge in [0.2, 0.25) is 0 Å². The molecule has 0 bridgehead atoms. The lowest BCUT2D eigenvalue weighted by molar-refractivity contribution is 0.301. The largest absolute Gasteiger partial charge is 0.312 e. The molecular weight excluding hydrogens is 246 g/mol. The van der Waals surface area contributed by atoms with Crippen LogP contribution < -0.4 is 5.32 Å². The van der Waals surface area contributed by atoms with Crippen LogP contribution in [0.25, 0.3) is 0 Å². The van der Waals surface area contributed by atoms with Crippen molar-refractivity contribution in [2.24, 2.45) is 12.5 Å². The van der Waals surface area contributed by atoms with E-state index in [-0.39, 0.29) is 0 Å². The standard InChI is InChI=1S/C17H33N3/c1-7-8-9-10-17(4,5)13-18-11-15-12-20(6)19-16(15)14(2)3/h12,14,18H,7-11,13H2,1-6H3. The lowest BCUT2D eigenvalue weighted by Crippen LogP contribution is -2.29. The third kappa shape index (κ3) is 5.66. The quantitative estimate of drug-likeness (QED) is 0.685. The number of unbranched alkanes of at least 4 members (excludes halogenated alkanes) is 2. The normalized spacial score (nSPS) is 12.3. The molecule has 0 aliphatic carbocycles. The third-order valence-electron chi connectivity index (χ3n) is 3.86. The number of aromatic nitrogens is 2. The van der Waals surface area contributed by atoms with Gasteiger partial charge in [-0.25, -0.2) is 0 Å². The number of aryl methyl sites for hydroxylation is 1. The van der Waals surface area contributed by atoms with Crippen LogP contribution in [-0.4, -0.2) is 16.3 Å². The van der Waals surface area contributed by atoms with Gasteiger partial charge in [0.15, 0.2) is 0 Å². The minimum atomic E-state index is 0.384. The summed E-state index contributed by atoms with van der Waals surface area (Å²) in [7, 11) is 2.00. The van der Waals surface area contributed by atoms with Crippen molar-refractivity contribution < 1.29 is 0 Å². The molecule has 0 unspecified atom stereocenters. The average molecular weight is 279 g/mol. The van der Waals surface area contributed by atoms with E-state index in [9.17, 15) is 0 Å². The molecule has 0 amide bonds. The molecule has 0 saturated heterocycles. The first kappa shape index (κ1) is 17.2. The molecule has 116 valence electrons. The molecule has 1 heterocycles. The molecule has 0 saturated carbocycles. The summed E-state index contributed by atoms with van der Waals surface area (Å²) in [5.41, 5.74) is 2.95. The molecule has 0 aromatic carbocycles. The first-order valence-electron chi connectivity index (χ1n) is 8.09. The number of nitrogens with zero attached hydrogens (tertiary/aromatic N) is 2. The van der Waals surface area contributed by atoms with E-state index in [0.717, 1.165) is 13.1 Å².